The number of hydrogen-bond donors (Lipinski definition) is 1. The smallest absolute Gasteiger partial charge is 0.136 e. The summed E-state index contributed by atoms with van der Waals surface area (Å²) in [5, 5.41) is 10.0. The van der Waals surface area contributed by atoms with Crippen LogP contribution in [0.1, 0.15) is 34.9 Å². The van der Waals surface area contributed by atoms with Gasteiger partial charge in [0.25, 0.3) is 0 Å². The lowest BCUT2D eigenvalue weighted by Gasteiger charge is -2.33. The maximum atomic E-state index is 8.91. The molecule has 1 fully saturated rings. The van der Waals surface area contributed by atoms with Crippen LogP contribution in [0.4, 0.5) is 0 Å². The highest BCUT2D eigenvalue weighted by molar-refractivity contribution is 7.18. The van der Waals surface area contributed by atoms with Crippen molar-refractivity contribution in [2.45, 2.75) is 38.4 Å². The summed E-state index contributed by atoms with van der Waals surface area (Å²) in [4.78, 5) is 12.1. The normalized spacial score (nSPS) is 19.2. The van der Waals surface area contributed by atoms with Gasteiger partial charge in [-0.25, -0.2) is 4.98 Å². The fourth-order valence-corrected chi connectivity index (χ4v) is 5.89. The fraction of sp³-hybridized carbons (Fsp3) is 0.455. The lowest BCUT2D eigenvalue weighted by atomic mass is 10.0. The van der Waals surface area contributed by atoms with Crippen molar-refractivity contribution in [1.29, 1.82) is 5.41 Å². The maximum absolute atomic E-state index is 8.91. The van der Waals surface area contributed by atoms with E-state index in [0.29, 0.717) is 11.5 Å². The molecular formula is C22H27N5S. The van der Waals surface area contributed by atoms with E-state index in [9.17, 15) is 0 Å². The first kappa shape index (κ1) is 18.0. The molecule has 146 valence electrons. The number of likely N-dealkylation sites (tertiary alicyclic amines) is 1. The van der Waals surface area contributed by atoms with Crippen LogP contribution in [0.3, 0.4) is 0 Å². The van der Waals surface area contributed by atoms with Gasteiger partial charge in [-0.1, -0.05) is 30.3 Å². The molecule has 5 nitrogen and oxygen atoms in total. The Morgan fingerprint density at radius 2 is 1.93 bits per heavy atom. The number of piperidine rings is 1. The van der Waals surface area contributed by atoms with E-state index in [0.717, 1.165) is 62.2 Å². The molecule has 2 aliphatic rings. The molecule has 2 aliphatic heterocycles. The van der Waals surface area contributed by atoms with E-state index >= 15 is 0 Å². The quantitative estimate of drug-likeness (QED) is 0.742. The van der Waals surface area contributed by atoms with Crippen molar-refractivity contribution >= 4 is 21.6 Å². The summed E-state index contributed by atoms with van der Waals surface area (Å²) >= 11 is 1.78. The minimum Gasteiger partial charge on any atom is -0.314 e. The summed E-state index contributed by atoms with van der Waals surface area (Å²) in [5.74, 6) is 0. The fourth-order valence-electron chi connectivity index (χ4n) is 4.63. The number of rotatable bonds is 3. The minimum absolute atomic E-state index is 0.387. The SMILES string of the molecule is CN1CCc2c(sc3ncn(C4CCN(Cc5ccccc5)CC4)c(=N)c23)C1. The Kier molecular flexibility index (Phi) is 4.78. The molecule has 2 aromatic heterocycles. The molecule has 0 atom stereocenters. The Morgan fingerprint density at radius 1 is 1.14 bits per heavy atom. The van der Waals surface area contributed by atoms with Crippen LogP contribution in [-0.4, -0.2) is 46.0 Å². The zero-order valence-electron chi connectivity index (χ0n) is 16.4. The molecule has 4 heterocycles. The predicted molar refractivity (Wildman–Crippen MR) is 113 cm³/mol. The Hall–Kier alpha value is -2.02. The van der Waals surface area contributed by atoms with Crippen molar-refractivity contribution < 1.29 is 0 Å². The molecule has 0 unspecified atom stereocenters. The summed E-state index contributed by atoms with van der Waals surface area (Å²) in [6.07, 6.45) is 5.14. The van der Waals surface area contributed by atoms with Crippen LogP contribution in [-0.2, 0) is 19.5 Å². The lowest BCUT2D eigenvalue weighted by molar-refractivity contribution is 0.177. The van der Waals surface area contributed by atoms with Crippen molar-refractivity contribution in [2.24, 2.45) is 0 Å². The molecule has 0 saturated carbocycles. The first-order valence-electron chi connectivity index (χ1n) is 10.2. The number of aromatic nitrogens is 2. The van der Waals surface area contributed by atoms with E-state index in [4.69, 9.17) is 10.4 Å². The van der Waals surface area contributed by atoms with Gasteiger partial charge in [-0.05, 0) is 37.4 Å². The molecule has 6 heteroatoms. The summed E-state index contributed by atoms with van der Waals surface area (Å²) in [5.41, 5.74) is 3.44. The number of thiophene rings is 1. The number of nitrogens with one attached hydrogen (secondary N) is 1. The van der Waals surface area contributed by atoms with E-state index in [-0.39, 0.29) is 0 Å². The largest absolute Gasteiger partial charge is 0.314 e. The highest BCUT2D eigenvalue weighted by atomic mass is 32.1. The van der Waals surface area contributed by atoms with Gasteiger partial charge in [0.05, 0.1) is 11.7 Å². The van der Waals surface area contributed by atoms with Gasteiger partial charge >= 0.3 is 0 Å². The van der Waals surface area contributed by atoms with Crippen LogP contribution in [0.15, 0.2) is 36.7 Å². The molecule has 3 aromatic rings. The van der Waals surface area contributed by atoms with E-state index in [1.165, 1.54) is 16.0 Å². The molecule has 5 rings (SSSR count). The van der Waals surface area contributed by atoms with Gasteiger partial charge in [-0.3, -0.25) is 10.3 Å². The van der Waals surface area contributed by atoms with Gasteiger partial charge in [-0.2, -0.15) is 0 Å². The molecule has 0 aliphatic carbocycles. The zero-order valence-corrected chi connectivity index (χ0v) is 17.2. The van der Waals surface area contributed by atoms with Gasteiger partial charge in [0.2, 0.25) is 0 Å². The van der Waals surface area contributed by atoms with Gasteiger partial charge in [0.15, 0.2) is 0 Å². The Morgan fingerprint density at radius 3 is 2.71 bits per heavy atom. The third-order valence-electron chi connectivity index (χ3n) is 6.22. The lowest BCUT2D eigenvalue weighted by Crippen LogP contribution is -2.37. The van der Waals surface area contributed by atoms with Crippen LogP contribution in [0.25, 0.3) is 10.2 Å². The Labute approximate surface area is 169 Å². The van der Waals surface area contributed by atoms with Crippen LogP contribution in [0.2, 0.25) is 0 Å². The molecule has 0 spiro atoms. The van der Waals surface area contributed by atoms with Crippen molar-refractivity contribution in [3.8, 4) is 0 Å². The van der Waals surface area contributed by atoms with Crippen molar-refractivity contribution in [3.63, 3.8) is 0 Å². The van der Waals surface area contributed by atoms with E-state index < -0.39 is 0 Å². The average molecular weight is 394 g/mol. The van der Waals surface area contributed by atoms with Crippen LogP contribution in [0.5, 0.6) is 0 Å². The Balaban J connectivity index is 1.36. The second kappa shape index (κ2) is 7.43. The van der Waals surface area contributed by atoms with Gasteiger partial charge in [0, 0.05) is 43.6 Å². The highest BCUT2D eigenvalue weighted by Gasteiger charge is 2.24. The third-order valence-corrected chi connectivity index (χ3v) is 7.35. The van der Waals surface area contributed by atoms with Gasteiger partial charge in [-0.15, -0.1) is 11.3 Å². The van der Waals surface area contributed by atoms with Crippen LogP contribution >= 0.6 is 11.3 Å². The number of fused-ring (bicyclic) bond motifs is 3. The van der Waals surface area contributed by atoms with E-state index in [1.54, 1.807) is 11.3 Å². The minimum atomic E-state index is 0.387. The molecule has 28 heavy (non-hydrogen) atoms. The van der Waals surface area contributed by atoms with Crippen molar-refractivity contribution in [1.82, 2.24) is 19.4 Å². The first-order valence-corrected chi connectivity index (χ1v) is 11.0. The molecule has 1 N–H and O–H groups in total. The summed E-state index contributed by atoms with van der Waals surface area (Å²) in [7, 11) is 2.17. The molecule has 1 aromatic carbocycles. The first-order chi connectivity index (χ1) is 13.7. The molecular weight excluding hydrogens is 366 g/mol. The molecule has 0 bridgehead atoms. The number of nitrogens with zero attached hydrogens (tertiary/aromatic N) is 4. The summed E-state index contributed by atoms with van der Waals surface area (Å²) in [6, 6.07) is 11.1. The highest BCUT2D eigenvalue weighted by Crippen LogP contribution is 2.32. The second-order valence-electron chi connectivity index (χ2n) is 8.17. The summed E-state index contributed by atoms with van der Waals surface area (Å²) in [6.45, 7) is 5.25. The third kappa shape index (κ3) is 3.30. The second-order valence-corrected chi connectivity index (χ2v) is 9.25. The molecule has 1 saturated heterocycles. The number of hydrogen-bond acceptors (Lipinski definition) is 5. The number of likely N-dealkylation sites (N-methyl/N-ethyl adjacent to an activating group) is 1. The number of benzene rings is 1. The van der Waals surface area contributed by atoms with E-state index in [2.05, 4.69) is 51.7 Å². The average Bonchev–Trinajstić information content (AvgIpc) is 3.08. The monoisotopic (exact) mass is 393 g/mol. The zero-order chi connectivity index (χ0) is 19.1. The van der Waals surface area contributed by atoms with Crippen LogP contribution < -0.4 is 5.49 Å². The standard InChI is InChI=1S/C22H27N5S/c1-25-10-9-18-19(14-25)28-22-20(18)21(23)27(15-24-22)17-7-11-26(12-8-17)13-16-5-3-2-4-6-16/h2-6,15,17,23H,7-14H2,1H3. The topological polar surface area (TPSA) is 48.2 Å². The molecule has 0 radical (unpaired) electrons. The van der Waals surface area contributed by atoms with Crippen LogP contribution in [0, 0.1) is 5.41 Å². The van der Waals surface area contributed by atoms with Gasteiger partial charge in [0.1, 0.15) is 10.3 Å². The predicted octanol–water partition coefficient (Wildman–Crippen LogP) is 3.40. The van der Waals surface area contributed by atoms with Crippen molar-refractivity contribution in [2.75, 3.05) is 26.7 Å². The van der Waals surface area contributed by atoms with Gasteiger partial charge < -0.3 is 9.47 Å². The molecule has 0 amide bonds. The maximum Gasteiger partial charge on any atom is 0.136 e. The van der Waals surface area contributed by atoms with E-state index in [1.807, 2.05) is 6.33 Å². The summed E-state index contributed by atoms with van der Waals surface area (Å²) < 4.78 is 2.15. The van der Waals surface area contributed by atoms with Crippen molar-refractivity contribution in [3.05, 3.63) is 58.2 Å². The Bertz CT molecular complexity index is 1030.